The molecule has 8 nitrogen and oxygen atoms in total. The van der Waals surface area contributed by atoms with E-state index < -0.39 is 0 Å². The molecular weight excluding hydrogens is 450 g/mol. The Morgan fingerprint density at radius 3 is 2.53 bits per heavy atom. The molecule has 0 saturated carbocycles. The van der Waals surface area contributed by atoms with E-state index in [4.69, 9.17) is 22.3 Å². The van der Waals surface area contributed by atoms with Crippen molar-refractivity contribution in [3.05, 3.63) is 39.9 Å². The van der Waals surface area contributed by atoms with Crippen molar-refractivity contribution in [1.29, 1.82) is 0 Å². The number of nitrogens with one attached hydrogen (secondary N) is 1. The van der Waals surface area contributed by atoms with Crippen LogP contribution < -0.4 is 16.2 Å². The van der Waals surface area contributed by atoms with Crippen LogP contribution >= 0.6 is 11.6 Å². The molecule has 6 rings (SSSR count). The highest BCUT2D eigenvalue weighted by Gasteiger charge is 2.41. The van der Waals surface area contributed by atoms with Gasteiger partial charge in [0, 0.05) is 54.1 Å². The number of anilines is 1. The zero-order valence-corrected chi connectivity index (χ0v) is 20.7. The molecule has 2 aliphatic heterocycles. The second-order valence-corrected chi connectivity index (χ2v) is 11.2. The average molecular weight is 480 g/mol. The van der Waals surface area contributed by atoms with Gasteiger partial charge in [0.1, 0.15) is 5.65 Å². The van der Waals surface area contributed by atoms with Crippen molar-refractivity contribution >= 4 is 39.5 Å². The van der Waals surface area contributed by atoms with Gasteiger partial charge >= 0.3 is 0 Å². The fourth-order valence-electron chi connectivity index (χ4n) is 5.75. The summed E-state index contributed by atoms with van der Waals surface area (Å²) >= 11 is 6.89. The Morgan fingerprint density at radius 2 is 1.85 bits per heavy atom. The molecule has 2 fully saturated rings. The van der Waals surface area contributed by atoms with E-state index in [9.17, 15) is 4.79 Å². The highest BCUT2D eigenvalue weighted by Crippen LogP contribution is 2.40. The minimum Gasteiger partial charge on any atom is -0.345 e. The first kappa shape index (κ1) is 21.7. The molecule has 9 heteroatoms. The molecule has 2 saturated heterocycles. The SMILES string of the molecule is Cn1c(N2[C@@H]3CC[C@H]2CC(N)C3)nc2[nH]cc(-c3ccc4nn(C(C)(C)C)cc4c3Cl)c2c1=O. The number of halogens is 1. The summed E-state index contributed by atoms with van der Waals surface area (Å²) in [6.45, 7) is 6.30. The van der Waals surface area contributed by atoms with Gasteiger partial charge in [0.2, 0.25) is 5.95 Å². The van der Waals surface area contributed by atoms with Crippen molar-refractivity contribution in [2.75, 3.05) is 4.90 Å². The topological polar surface area (TPSA) is 97.8 Å². The van der Waals surface area contributed by atoms with Crippen LogP contribution in [0.5, 0.6) is 0 Å². The monoisotopic (exact) mass is 479 g/mol. The molecule has 0 amide bonds. The van der Waals surface area contributed by atoms with Crippen LogP contribution in [0.3, 0.4) is 0 Å². The Bertz CT molecular complexity index is 1480. The number of aromatic nitrogens is 5. The minimum absolute atomic E-state index is 0.0768. The first-order valence-corrected chi connectivity index (χ1v) is 12.3. The zero-order valence-electron chi connectivity index (χ0n) is 20.0. The van der Waals surface area contributed by atoms with Crippen LogP contribution in [0.15, 0.2) is 29.3 Å². The lowest BCUT2D eigenvalue weighted by Crippen LogP contribution is -2.49. The molecule has 2 bridgehead atoms. The van der Waals surface area contributed by atoms with Gasteiger partial charge in [-0.25, -0.2) is 0 Å². The van der Waals surface area contributed by atoms with Crippen molar-refractivity contribution in [2.45, 2.75) is 70.1 Å². The van der Waals surface area contributed by atoms with Crippen LogP contribution in [0.2, 0.25) is 5.02 Å². The van der Waals surface area contributed by atoms with Crippen molar-refractivity contribution in [1.82, 2.24) is 24.3 Å². The Morgan fingerprint density at radius 1 is 1.15 bits per heavy atom. The summed E-state index contributed by atoms with van der Waals surface area (Å²) in [6.07, 6.45) is 7.89. The fraction of sp³-hybridized carbons (Fsp3) is 0.480. The molecule has 34 heavy (non-hydrogen) atoms. The summed E-state index contributed by atoms with van der Waals surface area (Å²) in [5.41, 5.74) is 9.00. The highest BCUT2D eigenvalue weighted by atomic mass is 35.5. The molecule has 5 heterocycles. The number of rotatable bonds is 2. The maximum absolute atomic E-state index is 13.6. The maximum Gasteiger partial charge on any atom is 0.264 e. The summed E-state index contributed by atoms with van der Waals surface area (Å²) in [6, 6.07) is 4.81. The van der Waals surface area contributed by atoms with Gasteiger partial charge in [-0.05, 0) is 52.5 Å². The average Bonchev–Trinajstić information content (AvgIpc) is 3.46. The molecule has 2 aliphatic rings. The first-order valence-electron chi connectivity index (χ1n) is 11.9. The third kappa shape index (κ3) is 3.11. The van der Waals surface area contributed by atoms with Gasteiger partial charge in [0.15, 0.2) is 0 Å². The van der Waals surface area contributed by atoms with Crippen molar-refractivity contribution in [3.8, 4) is 11.1 Å². The van der Waals surface area contributed by atoms with E-state index in [1.165, 1.54) is 0 Å². The quantitative estimate of drug-likeness (QED) is 0.450. The van der Waals surface area contributed by atoms with Gasteiger partial charge in [0.25, 0.3) is 5.56 Å². The molecule has 3 aromatic heterocycles. The van der Waals surface area contributed by atoms with Crippen LogP contribution in [0.1, 0.15) is 46.5 Å². The number of hydrogen-bond donors (Lipinski definition) is 2. The second-order valence-electron chi connectivity index (χ2n) is 10.8. The van der Waals surface area contributed by atoms with Gasteiger partial charge in [-0.2, -0.15) is 10.1 Å². The number of hydrogen-bond acceptors (Lipinski definition) is 5. The predicted molar refractivity (Wildman–Crippen MR) is 137 cm³/mol. The lowest BCUT2D eigenvalue weighted by atomic mass is 9.98. The Balaban J connectivity index is 1.49. The van der Waals surface area contributed by atoms with Crippen molar-refractivity contribution in [3.63, 3.8) is 0 Å². The lowest BCUT2D eigenvalue weighted by Gasteiger charge is -2.38. The van der Waals surface area contributed by atoms with E-state index in [1.54, 1.807) is 4.57 Å². The molecule has 1 aromatic carbocycles. The number of H-pyrrole nitrogens is 1. The van der Waals surface area contributed by atoms with Gasteiger partial charge in [-0.3, -0.25) is 14.0 Å². The summed E-state index contributed by atoms with van der Waals surface area (Å²) in [7, 11) is 1.81. The van der Waals surface area contributed by atoms with Crippen LogP contribution in [-0.2, 0) is 12.6 Å². The number of benzene rings is 1. The van der Waals surface area contributed by atoms with Crippen LogP contribution in [0.4, 0.5) is 5.95 Å². The lowest BCUT2D eigenvalue weighted by molar-refractivity contribution is 0.358. The van der Waals surface area contributed by atoms with Gasteiger partial charge in [-0.15, -0.1) is 0 Å². The second kappa shape index (κ2) is 7.33. The van der Waals surface area contributed by atoms with Crippen LogP contribution in [0, 0.1) is 0 Å². The predicted octanol–water partition coefficient (Wildman–Crippen LogP) is 4.15. The van der Waals surface area contributed by atoms with Crippen molar-refractivity contribution in [2.24, 2.45) is 12.8 Å². The Labute approximate surface area is 202 Å². The fourth-order valence-corrected chi connectivity index (χ4v) is 6.06. The van der Waals surface area contributed by atoms with E-state index in [2.05, 4.69) is 35.8 Å². The number of nitrogens with two attached hydrogens (primary N) is 1. The smallest absolute Gasteiger partial charge is 0.264 e. The third-order valence-electron chi connectivity index (χ3n) is 7.49. The van der Waals surface area contributed by atoms with E-state index in [-0.39, 0.29) is 17.1 Å². The molecule has 1 unspecified atom stereocenters. The first-order chi connectivity index (χ1) is 16.1. The summed E-state index contributed by atoms with van der Waals surface area (Å²) in [5, 5.41) is 6.69. The van der Waals surface area contributed by atoms with E-state index in [1.807, 2.05) is 36.3 Å². The van der Waals surface area contributed by atoms with E-state index in [0.29, 0.717) is 28.1 Å². The van der Waals surface area contributed by atoms with Crippen LogP contribution in [-0.4, -0.2) is 42.4 Å². The van der Waals surface area contributed by atoms with E-state index in [0.717, 1.165) is 53.7 Å². The molecule has 178 valence electrons. The number of piperidine rings is 1. The van der Waals surface area contributed by atoms with Gasteiger partial charge in [-0.1, -0.05) is 17.7 Å². The summed E-state index contributed by atoms with van der Waals surface area (Å²) < 4.78 is 3.61. The molecule has 4 aromatic rings. The number of aromatic amines is 1. The van der Waals surface area contributed by atoms with Crippen LogP contribution in [0.25, 0.3) is 33.1 Å². The Hall–Kier alpha value is -2.84. The third-order valence-corrected chi connectivity index (χ3v) is 7.90. The molecule has 0 aliphatic carbocycles. The summed E-state index contributed by atoms with van der Waals surface area (Å²) in [4.78, 5) is 24.1. The minimum atomic E-state index is -0.155. The summed E-state index contributed by atoms with van der Waals surface area (Å²) in [5.74, 6) is 0.721. The largest absolute Gasteiger partial charge is 0.345 e. The van der Waals surface area contributed by atoms with E-state index >= 15 is 0 Å². The van der Waals surface area contributed by atoms with Gasteiger partial charge in [0.05, 0.1) is 21.5 Å². The number of nitrogens with zero attached hydrogens (tertiary/aromatic N) is 5. The highest BCUT2D eigenvalue weighted by molar-refractivity contribution is 6.38. The zero-order chi connectivity index (χ0) is 23.9. The van der Waals surface area contributed by atoms with Gasteiger partial charge < -0.3 is 15.6 Å². The normalized spacial score (nSPS) is 22.9. The molecule has 3 atom stereocenters. The number of fused-ring (bicyclic) bond motifs is 4. The molecule has 3 N–H and O–H groups in total. The maximum atomic E-state index is 13.6. The molecule has 0 spiro atoms. The Kier molecular flexibility index (Phi) is 4.67. The molecule has 0 radical (unpaired) electrons. The molecular formula is C25H30ClN7O. The standard InChI is InChI=1S/C25H30ClN7O/c1-25(2,3)32-12-18-19(30-32)8-7-16(21(18)26)17-11-28-22-20(17)23(34)31(4)24(29-22)33-14-5-6-15(33)10-13(27)9-14/h7-8,11-15,28H,5-6,9-10,27H2,1-4H3/t13?,14-,15+. The van der Waals surface area contributed by atoms with Crippen molar-refractivity contribution < 1.29 is 0 Å².